The summed E-state index contributed by atoms with van der Waals surface area (Å²) in [5.41, 5.74) is 0.547. The average Bonchev–Trinajstić information content (AvgIpc) is 2.83. The first-order valence-electron chi connectivity index (χ1n) is 13.9. The molecule has 0 spiro atoms. The zero-order chi connectivity index (χ0) is 29.1. The number of amides is 3. The number of nitrogens with zero attached hydrogens (tertiary/aromatic N) is 1. The number of aryl methyl sites for hydroxylation is 1. The van der Waals surface area contributed by atoms with E-state index in [1.54, 1.807) is 37.4 Å². The lowest BCUT2D eigenvalue weighted by Crippen LogP contribution is -2.59. The van der Waals surface area contributed by atoms with Gasteiger partial charge in [0.2, 0.25) is 11.8 Å². The summed E-state index contributed by atoms with van der Waals surface area (Å²) >= 11 is 1.60. The highest BCUT2D eigenvalue weighted by molar-refractivity contribution is 7.98. The number of hydrogen-bond acceptors (Lipinski definition) is 5. The van der Waals surface area contributed by atoms with Gasteiger partial charge in [-0.25, -0.2) is 4.79 Å². The van der Waals surface area contributed by atoms with Crippen LogP contribution in [0.1, 0.15) is 105 Å². The minimum Gasteiger partial charge on any atom is -0.444 e. The van der Waals surface area contributed by atoms with Crippen LogP contribution in [0.4, 0.5) is 4.79 Å². The molecule has 0 aromatic heterocycles. The second kappa shape index (κ2) is 15.4. The SMILES string of the molecule is CCCC(C)NC(=O)C(c1ccc(CC)cc1)N(C(=O)C(CCSC)NC(=O)OC(C)(C)C)C(C)(C)CC. The van der Waals surface area contributed by atoms with Gasteiger partial charge in [-0.3, -0.25) is 9.59 Å². The first-order valence-corrected chi connectivity index (χ1v) is 15.3. The Kier molecular flexibility index (Phi) is 13.7. The number of thioether (sulfide) groups is 1. The molecule has 3 atom stereocenters. The van der Waals surface area contributed by atoms with Crippen molar-refractivity contribution < 1.29 is 19.1 Å². The fraction of sp³-hybridized carbons (Fsp3) is 0.700. The molecular weight excluding hydrogens is 498 g/mol. The maximum atomic E-state index is 14.4. The minimum absolute atomic E-state index is 0.0289. The average molecular weight is 550 g/mol. The summed E-state index contributed by atoms with van der Waals surface area (Å²) in [7, 11) is 0. The van der Waals surface area contributed by atoms with Gasteiger partial charge >= 0.3 is 6.09 Å². The molecule has 1 aromatic rings. The van der Waals surface area contributed by atoms with Gasteiger partial charge in [0.1, 0.15) is 17.7 Å². The van der Waals surface area contributed by atoms with Gasteiger partial charge in [0.25, 0.3) is 0 Å². The Hall–Kier alpha value is -2.22. The van der Waals surface area contributed by atoms with Crippen LogP contribution in [0.5, 0.6) is 0 Å². The molecule has 0 aliphatic rings. The van der Waals surface area contributed by atoms with Crippen LogP contribution in [0.15, 0.2) is 24.3 Å². The molecule has 0 saturated heterocycles. The Labute approximate surface area is 235 Å². The molecule has 1 rings (SSSR count). The molecule has 8 heteroatoms. The predicted octanol–water partition coefficient (Wildman–Crippen LogP) is 6.26. The maximum absolute atomic E-state index is 14.4. The van der Waals surface area contributed by atoms with E-state index in [9.17, 15) is 14.4 Å². The second-order valence-electron chi connectivity index (χ2n) is 11.6. The van der Waals surface area contributed by atoms with Gasteiger partial charge in [0.15, 0.2) is 0 Å². The van der Waals surface area contributed by atoms with Gasteiger partial charge in [0.05, 0.1) is 0 Å². The number of benzene rings is 1. The number of nitrogens with one attached hydrogen (secondary N) is 2. The van der Waals surface area contributed by atoms with Crippen LogP contribution in [0, 0.1) is 0 Å². The van der Waals surface area contributed by atoms with Gasteiger partial charge in [-0.1, -0.05) is 51.5 Å². The monoisotopic (exact) mass is 549 g/mol. The van der Waals surface area contributed by atoms with E-state index >= 15 is 0 Å². The Bertz CT molecular complexity index is 896. The summed E-state index contributed by atoms with van der Waals surface area (Å²) in [6.07, 6.45) is 5.03. The molecular formula is C30H51N3O4S. The highest BCUT2D eigenvalue weighted by atomic mass is 32.2. The van der Waals surface area contributed by atoms with Crippen molar-refractivity contribution in [2.75, 3.05) is 12.0 Å². The third-order valence-corrected chi connectivity index (χ3v) is 7.32. The molecule has 0 aliphatic carbocycles. The zero-order valence-electron chi connectivity index (χ0n) is 25.3. The first kappa shape index (κ1) is 33.8. The van der Waals surface area contributed by atoms with Crippen molar-refractivity contribution in [3.05, 3.63) is 35.4 Å². The van der Waals surface area contributed by atoms with Crippen LogP contribution >= 0.6 is 11.8 Å². The Morgan fingerprint density at radius 1 is 0.974 bits per heavy atom. The van der Waals surface area contributed by atoms with E-state index < -0.39 is 29.3 Å². The lowest BCUT2D eigenvalue weighted by molar-refractivity contribution is -0.149. The highest BCUT2D eigenvalue weighted by Crippen LogP contribution is 2.33. The fourth-order valence-electron chi connectivity index (χ4n) is 4.24. The standard InChI is InChI=1S/C30H51N3O4S/c1-11-14-21(4)31-26(34)25(23-17-15-22(12-2)16-18-23)33(30(8,9)13-3)27(35)24(19-20-38-10)32-28(36)37-29(5,6)7/h15-18,21,24-25H,11-14,19-20H2,1-10H3,(H,31,34)(H,32,36). The maximum Gasteiger partial charge on any atom is 0.408 e. The molecule has 0 fully saturated rings. The summed E-state index contributed by atoms with van der Waals surface area (Å²) in [5.74, 6) is 0.160. The Morgan fingerprint density at radius 2 is 1.58 bits per heavy atom. The molecule has 0 aliphatic heterocycles. The minimum atomic E-state index is -0.847. The van der Waals surface area contributed by atoms with E-state index in [2.05, 4.69) is 24.5 Å². The van der Waals surface area contributed by atoms with Crippen molar-refractivity contribution in [2.45, 2.75) is 124 Å². The van der Waals surface area contributed by atoms with E-state index in [0.717, 1.165) is 30.4 Å². The molecule has 0 radical (unpaired) electrons. The number of rotatable bonds is 14. The molecule has 1 aromatic carbocycles. The topological polar surface area (TPSA) is 87.7 Å². The molecule has 7 nitrogen and oxygen atoms in total. The third-order valence-electron chi connectivity index (χ3n) is 6.68. The predicted molar refractivity (Wildman–Crippen MR) is 158 cm³/mol. The van der Waals surface area contributed by atoms with Gasteiger partial charge in [-0.2, -0.15) is 11.8 Å². The fourth-order valence-corrected chi connectivity index (χ4v) is 4.71. The molecule has 216 valence electrons. The summed E-state index contributed by atoms with van der Waals surface area (Å²) < 4.78 is 5.48. The largest absolute Gasteiger partial charge is 0.444 e. The van der Waals surface area contributed by atoms with E-state index in [4.69, 9.17) is 4.74 Å². The highest BCUT2D eigenvalue weighted by Gasteiger charge is 2.43. The van der Waals surface area contributed by atoms with Gasteiger partial charge in [0, 0.05) is 11.6 Å². The molecule has 38 heavy (non-hydrogen) atoms. The van der Waals surface area contributed by atoms with Gasteiger partial charge in [-0.15, -0.1) is 0 Å². The van der Waals surface area contributed by atoms with Crippen LogP contribution in [0.25, 0.3) is 0 Å². The van der Waals surface area contributed by atoms with Gasteiger partial charge in [-0.05, 0) is 90.4 Å². The van der Waals surface area contributed by atoms with Crippen LogP contribution in [0.3, 0.4) is 0 Å². The summed E-state index contributed by atoms with van der Waals surface area (Å²) in [6, 6.07) is 6.20. The number of hydrogen-bond donors (Lipinski definition) is 2. The van der Waals surface area contributed by atoms with Crippen molar-refractivity contribution in [3.63, 3.8) is 0 Å². The van der Waals surface area contributed by atoms with Crippen LogP contribution in [-0.2, 0) is 20.7 Å². The molecule has 2 N–H and O–H groups in total. The molecule has 0 heterocycles. The van der Waals surface area contributed by atoms with Crippen LogP contribution < -0.4 is 10.6 Å². The van der Waals surface area contributed by atoms with E-state index in [1.165, 1.54) is 0 Å². The number of carbonyl (C=O) groups is 3. The number of carbonyl (C=O) groups excluding carboxylic acids is 3. The van der Waals surface area contributed by atoms with E-state index in [0.29, 0.717) is 18.6 Å². The van der Waals surface area contributed by atoms with Crippen molar-refractivity contribution in [3.8, 4) is 0 Å². The zero-order valence-corrected chi connectivity index (χ0v) is 26.1. The number of alkyl carbamates (subject to hydrolysis) is 1. The van der Waals surface area contributed by atoms with Gasteiger partial charge < -0.3 is 20.3 Å². The lowest BCUT2D eigenvalue weighted by Gasteiger charge is -2.45. The van der Waals surface area contributed by atoms with Crippen LogP contribution in [-0.4, -0.2) is 58.0 Å². The van der Waals surface area contributed by atoms with Crippen molar-refractivity contribution in [1.82, 2.24) is 15.5 Å². The number of ether oxygens (including phenoxy) is 1. The lowest BCUT2D eigenvalue weighted by atomic mass is 9.91. The summed E-state index contributed by atoms with van der Waals surface area (Å²) in [4.78, 5) is 42.7. The first-order chi connectivity index (χ1) is 17.7. The van der Waals surface area contributed by atoms with Crippen molar-refractivity contribution in [2.24, 2.45) is 0 Å². The smallest absolute Gasteiger partial charge is 0.408 e. The van der Waals surface area contributed by atoms with E-state index in [1.807, 2.05) is 58.2 Å². The summed E-state index contributed by atoms with van der Waals surface area (Å²) in [5, 5.41) is 5.96. The quantitative estimate of drug-likeness (QED) is 0.286. The van der Waals surface area contributed by atoms with Crippen LogP contribution in [0.2, 0.25) is 0 Å². The molecule has 3 unspecified atom stereocenters. The molecule has 0 bridgehead atoms. The summed E-state index contributed by atoms with van der Waals surface area (Å²) in [6.45, 7) is 17.5. The Morgan fingerprint density at radius 3 is 2.05 bits per heavy atom. The molecule has 3 amide bonds. The van der Waals surface area contributed by atoms with Crippen molar-refractivity contribution in [1.29, 1.82) is 0 Å². The third kappa shape index (κ3) is 10.5. The Balaban J connectivity index is 3.62. The van der Waals surface area contributed by atoms with Crippen molar-refractivity contribution >= 4 is 29.7 Å². The van der Waals surface area contributed by atoms with E-state index in [-0.39, 0.29) is 17.9 Å². The normalized spacial score (nSPS) is 14.3. The molecule has 0 saturated carbocycles. The second-order valence-corrected chi connectivity index (χ2v) is 12.5.